The van der Waals surface area contributed by atoms with Gasteiger partial charge in [-0.25, -0.2) is 0 Å². The summed E-state index contributed by atoms with van der Waals surface area (Å²) >= 11 is 0. The lowest BCUT2D eigenvalue weighted by atomic mass is 10.2. The maximum atomic E-state index is 3.12. The molecule has 1 aliphatic carbocycles. The Morgan fingerprint density at radius 3 is 2.46 bits per heavy atom. The minimum atomic E-state index is 0.957. The Hall–Kier alpha value is -1.30. The molecule has 0 saturated carbocycles. The van der Waals surface area contributed by atoms with Crippen LogP contribution in [-0.2, 0) is 0 Å². The van der Waals surface area contributed by atoms with Gasteiger partial charge in [-0.2, -0.15) is 0 Å². The van der Waals surface area contributed by atoms with Crippen LogP contribution >= 0.6 is 0 Å². The molecular weight excluding hydrogens is 156 g/mol. The number of hydrogen-bond acceptors (Lipinski definition) is 0. The highest BCUT2D eigenvalue weighted by molar-refractivity contribution is 5.12. The number of allylic oxidation sites excluding steroid dienone is 10. The third-order valence-corrected chi connectivity index (χ3v) is 1.69. The Kier molecular flexibility index (Phi) is 5.54. The minimum absolute atomic E-state index is 0.957. The van der Waals surface area contributed by atoms with Gasteiger partial charge in [-0.1, -0.05) is 54.7 Å². The highest BCUT2D eigenvalue weighted by Crippen LogP contribution is 1.95. The largest absolute Gasteiger partial charge is 0.0842 e. The Morgan fingerprint density at radius 2 is 1.54 bits per heavy atom. The van der Waals surface area contributed by atoms with Crippen LogP contribution < -0.4 is 0 Å². The molecule has 0 aromatic heterocycles. The average molecular weight is 171 g/mol. The highest BCUT2D eigenvalue weighted by atomic mass is 13.8. The molecule has 1 rings (SSSR count). The van der Waals surface area contributed by atoms with Crippen molar-refractivity contribution >= 4 is 0 Å². The molecule has 0 N–H and O–H groups in total. The van der Waals surface area contributed by atoms with Crippen molar-refractivity contribution in [3.05, 3.63) is 60.8 Å². The fourth-order valence-electron chi connectivity index (χ4n) is 1.01. The molecule has 0 aromatic carbocycles. The van der Waals surface area contributed by atoms with E-state index < -0.39 is 0 Å². The molecule has 67 valence electrons. The maximum absolute atomic E-state index is 3.12. The van der Waals surface area contributed by atoms with Gasteiger partial charge in [-0.3, -0.25) is 0 Å². The minimum Gasteiger partial charge on any atom is -0.0842 e. The van der Waals surface area contributed by atoms with Gasteiger partial charge in [0, 0.05) is 0 Å². The van der Waals surface area contributed by atoms with Crippen LogP contribution in [0.5, 0.6) is 0 Å². The molecule has 13 heavy (non-hydrogen) atoms. The smallest absolute Gasteiger partial charge is 0.0157 e. The Morgan fingerprint density at radius 1 is 0.769 bits per heavy atom. The van der Waals surface area contributed by atoms with E-state index in [0.717, 1.165) is 19.3 Å². The first-order valence-corrected chi connectivity index (χ1v) is 4.71. The Bertz CT molecular complexity index is 249. The lowest BCUT2D eigenvalue weighted by Gasteiger charge is -1.83. The normalized spacial score (nSPS) is 17.8. The summed E-state index contributed by atoms with van der Waals surface area (Å²) in [6, 6.07) is 0. The van der Waals surface area contributed by atoms with Crippen molar-refractivity contribution in [1.82, 2.24) is 0 Å². The SMILES string of the molecule is [C]1=CCC=CC=CC=CCCC=C1. The third kappa shape index (κ3) is 5.92. The summed E-state index contributed by atoms with van der Waals surface area (Å²) in [7, 11) is 0. The molecule has 0 fully saturated rings. The van der Waals surface area contributed by atoms with Gasteiger partial charge in [0.15, 0.2) is 0 Å². The van der Waals surface area contributed by atoms with E-state index in [9.17, 15) is 0 Å². The second-order valence-corrected chi connectivity index (χ2v) is 2.83. The second kappa shape index (κ2) is 7.35. The molecular formula is C13H15. The van der Waals surface area contributed by atoms with Gasteiger partial charge in [0.1, 0.15) is 0 Å². The molecule has 0 spiro atoms. The predicted octanol–water partition coefficient (Wildman–Crippen LogP) is 3.75. The predicted molar refractivity (Wildman–Crippen MR) is 58.2 cm³/mol. The zero-order valence-corrected chi connectivity index (χ0v) is 7.82. The molecule has 0 unspecified atom stereocenters. The average Bonchev–Trinajstić information content (AvgIpc) is 2.18. The molecule has 0 heteroatoms. The summed E-state index contributed by atoms with van der Waals surface area (Å²) in [4.78, 5) is 0. The van der Waals surface area contributed by atoms with Crippen molar-refractivity contribution in [2.75, 3.05) is 0 Å². The van der Waals surface area contributed by atoms with E-state index >= 15 is 0 Å². The van der Waals surface area contributed by atoms with Crippen molar-refractivity contribution in [3.63, 3.8) is 0 Å². The topological polar surface area (TPSA) is 0 Å². The molecule has 0 heterocycles. The fourth-order valence-corrected chi connectivity index (χ4v) is 1.01. The zero-order valence-electron chi connectivity index (χ0n) is 7.82. The van der Waals surface area contributed by atoms with Gasteiger partial charge in [0.2, 0.25) is 0 Å². The van der Waals surface area contributed by atoms with E-state index in [-0.39, 0.29) is 0 Å². The van der Waals surface area contributed by atoms with Gasteiger partial charge < -0.3 is 0 Å². The van der Waals surface area contributed by atoms with Gasteiger partial charge in [0.25, 0.3) is 0 Å². The van der Waals surface area contributed by atoms with Gasteiger partial charge >= 0.3 is 0 Å². The standard InChI is InChI=1S/C13H15/c1-2-4-6-8-10-12-13-11-9-7-5-3-1/h1-6,9,12-13H,7-8,10H2. The molecule has 0 amide bonds. The molecule has 0 aliphatic heterocycles. The highest BCUT2D eigenvalue weighted by Gasteiger charge is 1.75. The fraction of sp³-hybridized carbons (Fsp3) is 0.231. The van der Waals surface area contributed by atoms with E-state index in [0.29, 0.717) is 0 Å². The van der Waals surface area contributed by atoms with Crippen molar-refractivity contribution in [2.24, 2.45) is 0 Å². The summed E-state index contributed by atoms with van der Waals surface area (Å²) in [5.74, 6) is 0. The van der Waals surface area contributed by atoms with Crippen molar-refractivity contribution in [1.29, 1.82) is 0 Å². The van der Waals surface area contributed by atoms with Crippen LogP contribution in [0.25, 0.3) is 0 Å². The summed E-state index contributed by atoms with van der Waals surface area (Å²) in [6.07, 6.45) is 25.0. The first kappa shape index (κ1) is 9.79. The molecule has 1 aliphatic rings. The summed E-state index contributed by atoms with van der Waals surface area (Å²) in [5.41, 5.74) is 0. The lowest BCUT2D eigenvalue weighted by molar-refractivity contribution is 1.05. The van der Waals surface area contributed by atoms with Crippen LogP contribution in [0.15, 0.2) is 54.7 Å². The Balaban J connectivity index is 2.49. The molecule has 0 saturated heterocycles. The first-order valence-electron chi connectivity index (χ1n) is 4.71. The molecule has 0 bridgehead atoms. The molecule has 1 radical (unpaired) electrons. The summed E-state index contributed by atoms with van der Waals surface area (Å²) < 4.78 is 0. The van der Waals surface area contributed by atoms with Crippen LogP contribution in [0.2, 0.25) is 0 Å². The second-order valence-electron chi connectivity index (χ2n) is 2.83. The van der Waals surface area contributed by atoms with Crippen LogP contribution in [0.3, 0.4) is 0 Å². The van der Waals surface area contributed by atoms with Gasteiger partial charge in [0.05, 0.1) is 0 Å². The van der Waals surface area contributed by atoms with Gasteiger partial charge in [-0.15, -0.1) is 0 Å². The summed E-state index contributed by atoms with van der Waals surface area (Å²) in [6.45, 7) is 0. The van der Waals surface area contributed by atoms with E-state index in [2.05, 4.69) is 48.6 Å². The van der Waals surface area contributed by atoms with E-state index in [4.69, 9.17) is 0 Å². The third-order valence-electron chi connectivity index (χ3n) is 1.69. The molecule has 0 aromatic rings. The molecule has 0 nitrogen and oxygen atoms in total. The van der Waals surface area contributed by atoms with Crippen LogP contribution in [-0.4, -0.2) is 0 Å². The molecule has 0 atom stereocenters. The lowest BCUT2D eigenvalue weighted by Crippen LogP contribution is -1.63. The maximum Gasteiger partial charge on any atom is -0.0157 e. The van der Waals surface area contributed by atoms with E-state index in [1.807, 2.05) is 12.2 Å². The van der Waals surface area contributed by atoms with E-state index in [1.165, 1.54) is 0 Å². The quantitative estimate of drug-likeness (QED) is 0.520. The van der Waals surface area contributed by atoms with Crippen LogP contribution in [0, 0.1) is 6.08 Å². The number of rotatable bonds is 0. The van der Waals surface area contributed by atoms with Crippen LogP contribution in [0.4, 0.5) is 0 Å². The first-order chi connectivity index (χ1) is 6.50. The number of hydrogen-bond donors (Lipinski definition) is 0. The monoisotopic (exact) mass is 171 g/mol. The van der Waals surface area contributed by atoms with Gasteiger partial charge in [-0.05, 0) is 25.3 Å². The summed E-state index contributed by atoms with van der Waals surface area (Å²) in [5, 5.41) is 0. The van der Waals surface area contributed by atoms with E-state index in [1.54, 1.807) is 0 Å². The Labute approximate surface area is 80.7 Å². The van der Waals surface area contributed by atoms with Crippen molar-refractivity contribution in [2.45, 2.75) is 19.3 Å². The van der Waals surface area contributed by atoms with Crippen molar-refractivity contribution in [3.8, 4) is 0 Å². The van der Waals surface area contributed by atoms with Crippen molar-refractivity contribution < 1.29 is 0 Å². The zero-order chi connectivity index (χ0) is 9.19. The van der Waals surface area contributed by atoms with Crippen LogP contribution in [0.1, 0.15) is 19.3 Å².